The summed E-state index contributed by atoms with van der Waals surface area (Å²) in [7, 11) is 0. The van der Waals surface area contributed by atoms with Gasteiger partial charge in [-0.05, 0) is 0 Å². The molecule has 0 bridgehead atoms. The van der Waals surface area contributed by atoms with Gasteiger partial charge >= 0.3 is 85.8 Å². The van der Waals surface area contributed by atoms with Crippen LogP contribution in [0.25, 0.3) is 0 Å². The third kappa shape index (κ3) is 34.2. The molecule has 0 aliphatic heterocycles. The third-order valence-corrected chi connectivity index (χ3v) is 0. The molecule has 0 aromatic heterocycles. The fourth-order valence-electron chi connectivity index (χ4n) is 0. The average Bonchev–Trinajstić information content (AvgIpc) is 0.811. The van der Waals surface area contributed by atoms with Crippen molar-refractivity contribution in [3.63, 3.8) is 0 Å². The zero-order valence-electron chi connectivity index (χ0n) is 1.71. The van der Waals surface area contributed by atoms with Gasteiger partial charge in [-0.3, -0.25) is 0 Å². The molecule has 0 spiro atoms. The van der Waals surface area contributed by atoms with Crippen LogP contribution in [0.5, 0.6) is 0 Å². The SMILES string of the molecule is O=[Se](O)O.[NaH].[NaH]. The molecule has 0 aliphatic rings. The van der Waals surface area contributed by atoms with Crippen LogP contribution in [0.15, 0.2) is 0 Å². The molecule has 0 rings (SSSR count). The van der Waals surface area contributed by atoms with Gasteiger partial charge in [0.2, 0.25) is 0 Å². The second-order valence-corrected chi connectivity index (χ2v) is 1.20. The van der Waals surface area contributed by atoms with E-state index in [4.69, 9.17) is 12.2 Å². The summed E-state index contributed by atoms with van der Waals surface area (Å²) in [5, 5.41) is 0. The summed E-state index contributed by atoms with van der Waals surface area (Å²) in [6.07, 6.45) is 0. The molecule has 0 unspecified atom stereocenters. The maximum atomic E-state index is 8.76. The third-order valence-electron chi connectivity index (χ3n) is 0. The van der Waals surface area contributed by atoms with Crippen molar-refractivity contribution in [1.82, 2.24) is 0 Å². The van der Waals surface area contributed by atoms with Crippen LogP contribution in [0, 0.1) is 0 Å². The molecule has 0 saturated carbocycles. The van der Waals surface area contributed by atoms with Crippen LogP contribution >= 0.6 is 0 Å². The summed E-state index contributed by atoms with van der Waals surface area (Å²) in [6, 6.07) is 0. The van der Waals surface area contributed by atoms with E-state index in [1.165, 1.54) is 0 Å². The van der Waals surface area contributed by atoms with Crippen molar-refractivity contribution in [2.75, 3.05) is 0 Å². The van der Waals surface area contributed by atoms with Crippen LogP contribution < -0.4 is 0 Å². The number of hydrogen-bond donors (Lipinski definition) is 2. The fourth-order valence-corrected chi connectivity index (χ4v) is 0. The van der Waals surface area contributed by atoms with E-state index in [0.717, 1.165) is 0 Å². The second kappa shape index (κ2) is 10.3. The van der Waals surface area contributed by atoms with Crippen LogP contribution in [-0.4, -0.2) is 82.0 Å². The minimum absolute atomic E-state index is 0. The minimum atomic E-state index is -3.29. The molecule has 6 heteroatoms. The summed E-state index contributed by atoms with van der Waals surface area (Å²) >= 11 is -3.29. The van der Waals surface area contributed by atoms with E-state index < -0.39 is 14.5 Å². The van der Waals surface area contributed by atoms with E-state index in [0.29, 0.717) is 0 Å². The Morgan fingerprint density at radius 3 is 1.17 bits per heavy atom. The number of hydrogen-bond acceptors (Lipinski definition) is 1. The Morgan fingerprint density at radius 2 is 1.17 bits per heavy atom. The predicted molar refractivity (Wildman–Crippen MR) is 25.2 cm³/mol. The Morgan fingerprint density at radius 1 is 1.17 bits per heavy atom. The Labute approximate surface area is 84.4 Å². The van der Waals surface area contributed by atoms with Gasteiger partial charge in [0.15, 0.2) is 0 Å². The summed E-state index contributed by atoms with van der Waals surface area (Å²) < 4.78 is 23.1. The van der Waals surface area contributed by atoms with Crippen molar-refractivity contribution in [3.8, 4) is 0 Å². The van der Waals surface area contributed by atoms with Crippen molar-refractivity contribution in [3.05, 3.63) is 0 Å². The van der Waals surface area contributed by atoms with Gasteiger partial charge in [-0.15, -0.1) is 0 Å². The van der Waals surface area contributed by atoms with Crippen molar-refractivity contribution >= 4 is 73.6 Å². The first-order valence-electron chi connectivity index (χ1n) is 0.532. The molecule has 0 saturated heterocycles. The van der Waals surface area contributed by atoms with Gasteiger partial charge in [-0.1, -0.05) is 0 Å². The van der Waals surface area contributed by atoms with Crippen molar-refractivity contribution in [2.45, 2.75) is 0 Å². The van der Waals surface area contributed by atoms with Crippen molar-refractivity contribution in [2.24, 2.45) is 0 Å². The Balaban J connectivity index is -0.0000000450. The monoisotopic (exact) mass is 178 g/mol. The van der Waals surface area contributed by atoms with Gasteiger partial charge < -0.3 is 0 Å². The molecule has 30 valence electrons. The van der Waals surface area contributed by atoms with E-state index in [9.17, 15) is 0 Å². The molecule has 2 N–H and O–H groups in total. The van der Waals surface area contributed by atoms with Gasteiger partial charge in [0.05, 0.1) is 0 Å². The zero-order chi connectivity index (χ0) is 3.58. The Hall–Kier alpha value is 2.24. The predicted octanol–water partition coefficient (Wildman–Crippen LogP) is -2.91. The summed E-state index contributed by atoms with van der Waals surface area (Å²) in [5.41, 5.74) is 0. The molecule has 0 radical (unpaired) electrons. The quantitative estimate of drug-likeness (QED) is 0.390. The number of rotatable bonds is 0. The van der Waals surface area contributed by atoms with Crippen molar-refractivity contribution in [1.29, 1.82) is 0 Å². The van der Waals surface area contributed by atoms with E-state index in [-0.39, 0.29) is 59.1 Å². The van der Waals surface area contributed by atoms with Crippen LogP contribution in [0.2, 0.25) is 0 Å². The van der Waals surface area contributed by atoms with E-state index in [1.54, 1.807) is 0 Å². The first kappa shape index (κ1) is 15.7. The molecule has 0 heterocycles. The zero-order valence-corrected chi connectivity index (χ0v) is 3.42. The van der Waals surface area contributed by atoms with Gasteiger partial charge in [0.25, 0.3) is 0 Å². The van der Waals surface area contributed by atoms with Crippen LogP contribution in [0.4, 0.5) is 0 Å². The molecule has 6 heavy (non-hydrogen) atoms. The molecule has 0 fully saturated rings. The topological polar surface area (TPSA) is 57.5 Å². The first-order chi connectivity index (χ1) is 1.73. The molecule has 0 aromatic rings. The second-order valence-electron chi connectivity index (χ2n) is 0.231. The van der Waals surface area contributed by atoms with Gasteiger partial charge in [0.1, 0.15) is 0 Å². The van der Waals surface area contributed by atoms with Crippen LogP contribution in [-0.2, 0) is 3.83 Å². The summed E-state index contributed by atoms with van der Waals surface area (Å²) in [4.78, 5) is 0. The van der Waals surface area contributed by atoms with Crippen molar-refractivity contribution < 1.29 is 12.2 Å². The normalized spacial score (nSPS) is 5.83. The van der Waals surface area contributed by atoms with Gasteiger partial charge in [-0.2, -0.15) is 0 Å². The maximum absolute atomic E-state index is 8.76. The molecule has 0 aliphatic carbocycles. The summed E-state index contributed by atoms with van der Waals surface area (Å²) in [5.74, 6) is 0. The molecule has 0 atom stereocenters. The van der Waals surface area contributed by atoms with E-state index in [1.807, 2.05) is 0 Å². The summed E-state index contributed by atoms with van der Waals surface area (Å²) in [6.45, 7) is 0. The average molecular weight is 177 g/mol. The van der Waals surface area contributed by atoms with Crippen LogP contribution in [0.3, 0.4) is 0 Å². The van der Waals surface area contributed by atoms with Gasteiger partial charge in [-0.25, -0.2) is 0 Å². The molecule has 0 amide bonds. The van der Waals surface area contributed by atoms with Gasteiger partial charge in [0, 0.05) is 0 Å². The van der Waals surface area contributed by atoms with E-state index in [2.05, 4.69) is 0 Å². The molecule has 3 nitrogen and oxygen atoms in total. The molecular formula is H4Na2O3Se. The van der Waals surface area contributed by atoms with E-state index >= 15 is 0 Å². The molecule has 0 aromatic carbocycles. The molecular weight excluding hydrogens is 173 g/mol. The standard InChI is InChI=1S/2Na.H2O3Se.2H/c;;1-4(2)3;;/h;;(H2,1,2,3);;. The van der Waals surface area contributed by atoms with Crippen LogP contribution in [0.1, 0.15) is 0 Å². The first-order valence-corrected chi connectivity index (χ1v) is 2.76. The Kier molecular flexibility index (Phi) is 26.9. The fraction of sp³-hybridized carbons (Fsp3) is 0. The Bertz CT molecular complexity index is 31.8.